The topological polar surface area (TPSA) is 78.3 Å². The molecule has 1 atom stereocenters. The molecule has 2 heterocycles. The number of hydrogen-bond donors (Lipinski definition) is 0. The third-order valence-corrected chi connectivity index (χ3v) is 7.85. The van der Waals surface area contributed by atoms with Crippen molar-refractivity contribution in [2.24, 2.45) is 0 Å². The minimum Gasteiger partial charge on any atom is -0.468 e. The molecule has 0 spiro atoms. The number of thiazole rings is 1. The van der Waals surface area contributed by atoms with Crippen molar-refractivity contribution in [1.29, 1.82) is 0 Å². The van der Waals surface area contributed by atoms with Gasteiger partial charge in [0.1, 0.15) is 17.6 Å². The SMILES string of the molecule is COC(=O)Cn1c(C)c(C(c2cscn2)S(=O)(=O)c2ccccc2)c2cc(F)ccc21. The summed E-state index contributed by atoms with van der Waals surface area (Å²) in [6, 6.07) is 12.2. The summed E-state index contributed by atoms with van der Waals surface area (Å²) in [4.78, 5) is 16.4. The molecule has 0 saturated heterocycles. The predicted octanol–water partition coefficient (Wildman–Crippen LogP) is 4.28. The minimum atomic E-state index is -3.93. The van der Waals surface area contributed by atoms with Crippen LogP contribution in [0.4, 0.5) is 4.39 Å². The van der Waals surface area contributed by atoms with Gasteiger partial charge in [0.2, 0.25) is 0 Å². The van der Waals surface area contributed by atoms with Gasteiger partial charge in [-0.15, -0.1) is 11.3 Å². The van der Waals surface area contributed by atoms with Crippen LogP contribution in [0, 0.1) is 12.7 Å². The van der Waals surface area contributed by atoms with Gasteiger partial charge in [-0.3, -0.25) is 4.79 Å². The maximum absolute atomic E-state index is 14.2. The average molecular weight is 459 g/mol. The van der Waals surface area contributed by atoms with Crippen LogP contribution in [0.25, 0.3) is 10.9 Å². The Morgan fingerprint density at radius 3 is 2.61 bits per heavy atom. The molecule has 31 heavy (non-hydrogen) atoms. The summed E-state index contributed by atoms with van der Waals surface area (Å²) in [5.41, 5.74) is 3.38. The summed E-state index contributed by atoms with van der Waals surface area (Å²) in [6.07, 6.45) is 0. The molecule has 0 aliphatic heterocycles. The first-order valence-electron chi connectivity index (χ1n) is 9.36. The summed E-state index contributed by atoms with van der Waals surface area (Å²) < 4.78 is 48.2. The summed E-state index contributed by atoms with van der Waals surface area (Å²) in [7, 11) is -2.65. The number of carbonyl (C=O) groups excluding carboxylic acids is 1. The largest absolute Gasteiger partial charge is 0.468 e. The maximum Gasteiger partial charge on any atom is 0.325 e. The van der Waals surface area contributed by atoms with Gasteiger partial charge in [-0.25, -0.2) is 17.8 Å². The Bertz CT molecular complexity index is 1350. The third kappa shape index (κ3) is 3.75. The second kappa shape index (κ2) is 8.24. The molecular weight excluding hydrogens is 439 g/mol. The lowest BCUT2D eigenvalue weighted by atomic mass is 10.1. The van der Waals surface area contributed by atoms with Crippen LogP contribution in [-0.2, 0) is 25.9 Å². The van der Waals surface area contributed by atoms with E-state index in [0.29, 0.717) is 27.9 Å². The van der Waals surface area contributed by atoms with E-state index in [0.717, 1.165) is 0 Å². The Morgan fingerprint density at radius 1 is 1.23 bits per heavy atom. The van der Waals surface area contributed by atoms with Crippen LogP contribution in [0.5, 0.6) is 0 Å². The number of rotatable bonds is 6. The zero-order chi connectivity index (χ0) is 22.2. The molecule has 0 radical (unpaired) electrons. The van der Waals surface area contributed by atoms with Gasteiger partial charge in [-0.2, -0.15) is 0 Å². The predicted molar refractivity (Wildman–Crippen MR) is 116 cm³/mol. The number of fused-ring (bicyclic) bond motifs is 1. The molecule has 4 aromatic rings. The second-order valence-electron chi connectivity index (χ2n) is 6.97. The van der Waals surface area contributed by atoms with Crippen LogP contribution in [0.3, 0.4) is 0 Å². The van der Waals surface area contributed by atoms with E-state index in [-0.39, 0.29) is 11.4 Å². The number of ether oxygens (including phenoxy) is 1. The van der Waals surface area contributed by atoms with Crippen LogP contribution in [0.15, 0.2) is 64.3 Å². The molecule has 4 rings (SSSR count). The summed E-state index contributed by atoms with van der Waals surface area (Å²) in [6.45, 7) is 1.59. The number of nitrogens with zero attached hydrogens (tertiary/aromatic N) is 2. The van der Waals surface area contributed by atoms with Gasteiger partial charge in [0.25, 0.3) is 0 Å². The summed E-state index contributed by atoms with van der Waals surface area (Å²) in [5.74, 6) is -0.995. The highest BCUT2D eigenvalue weighted by molar-refractivity contribution is 7.92. The standard InChI is InChI=1S/C22H19FN2O4S2/c1-14-21(17-10-15(23)8-9-19(17)25(14)11-20(26)29-2)22(18-12-30-13-24-18)31(27,28)16-6-4-3-5-7-16/h3-10,12-13,22H,11H2,1-2H3. The molecule has 0 aliphatic carbocycles. The van der Waals surface area contributed by atoms with Crippen LogP contribution in [0.1, 0.15) is 22.2 Å². The molecule has 9 heteroatoms. The van der Waals surface area contributed by atoms with E-state index in [1.54, 1.807) is 40.6 Å². The quantitative estimate of drug-likeness (QED) is 0.403. The lowest BCUT2D eigenvalue weighted by molar-refractivity contribution is -0.141. The molecule has 2 aromatic carbocycles. The van der Waals surface area contributed by atoms with Gasteiger partial charge in [-0.1, -0.05) is 18.2 Å². The fourth-order valence-corrected chi connectivity index (χ4v) is 6.30. The van der Waals surface area contributed by atoms with Crippen molar-refractivity contribution in [3.8, 4) is 0 Å². The van der Waals surface area contributed by atoms with Crippen molar-refractivity contribution in [2.75, 3.05) is 7.11 Å². The van der Waals surface area contributed by atoms with Gasteiger partial charge >= 0.3 is 5.97 Å². The normalized spacial score (nSPS) is 12.7. The number of aromatic nitrogens is 2. The highest BCUT2D eigenvalue weighted by Gasteiger charge is 2.36. The number of sulfone groups is 1. The zero-order valence-corrected chi connectivity index (χ0v) is 18.4. The van der Waals surface area contributed by atoms with E-state index in [2.05, 4.69) is 4.98 Å². The number of esters is 1. The van der Waals surface area contributed by atoms with Gasteiger partial charge in [0, 0.05) is 27.5 Å². The summed E-state index contributed by atoms with van der Waals surface area (Å²) >= 11 is 1.28. The molecule has 0 saturated carbocycles. The van der Waals surface area contributed by atoms with E-state index in [9.17, 15) is 17.6 Å². The Hall–Kier alpha value is -3.04. The molecule has 0 fully saturated rings. The van der Waals surface area contributed by atoms with E-state index in [1.165, 1.54) is 48.8 Å². The van der Waals surface area contributed by atoms with Gasteiger partial charge in [0.15, 0.2) is 9.84 Å². The Morgan fingerprint density at radius 2 is 1.97 bits per heavy atom. The van der Waals surface area contributed by atoms with E-state index in [4.69, 9.17) is 4.74 Å². The fourth-order valence-electron chi connectivity index (χ4n) is 3.77. The molecule has 160 valence electrons. The maximum atomic E-state index is 14.2. The van der Waals surface area contributed by atoms with E-state index < -0.39 is 26.9 Å². The van der Waals surface area contributed by atoms with Crippen molar-refractivity contribution in [2.45, 2.75) is 23.6 Å². The number of benzene rings is 2. The lowest BCUT2D eigenvalue weighted by Gasteiger charge is -2.18. The van der Waals surface area contributed by atoms with Crippen molar-refractivity contribution in [3.05, 3.63) is 82.2 Å². The van der Waals surface area contributed by atoms with E-state index in [1.807, 2.05) is 0 Å². The highest BCUT2D eigenvalue weighted by atomic mass is 32.2. The monoisotopic (exact) mass is 458 g/mol. The Kier molecular flexibility index (Phi) is 5.63. The van der Waals surface area contributed by atoms with Crippen LogP contribution >= 0.6 is 11.3 Å². The molecule has 0 bridgehead atoms. The van der Waals surface area contributed by atoms with Gasteiger partial charge in [-0.05, 0) is 37.3 Å². The molecular formula is C22H19FN2O4S2. The van der Waals surface area contributed by atoms with Crippen molar-refractivity contribution >= 4 is 38.0 Å². The molecule has 6 nitrogen and oxygen atoms in total. The smallest absolute Gasteiger partial charge is 0.325 e. The number of carbonyl (C=O) groups is 1. The summed E-state index contributed by atoms with van der Waals surface area (Å²) in [5, 5.41) is 0.927. The Balaban J connectivity index is 2.05. The Labute approximate surface area is 182 Å². The van der Waals surface area contributed by atoms with Crippen molar-refractivity contribution < 1.29 is 22.3 Å². The fraction of sp³-hybridized carbons (Fsp3) is 0.182. The first-order chi connectivity index (χ1) is 14.8. The highest BCUT2D eigenvalue weighted by Crippen LogP contribution is 2.41. The van der Waals surface area contributed by atoms with Crippen molar-refractivity contribution in [3.63, 3.8) is 0 Å². The first kappa shape index (κ1) is 21.2. The van der Waals surface area contributed by atoms with Gasteiger partial charge < -0.3 is 9.30 Å². The average Bonchev–Trinajstić information content (AvgIpc) is 3.37. The van der Waals surface area contributed by atoms with Gasteiger partial charge in [0.05, 0.1) is 23.2 Å². The molecule has 0 N–H and O–H groups in total. The number of methoxy groups -OCH3 is 1. The molecule has 1 unspecified atom stereocenters. The van der Waals surface area contributed by atoms with Crippen molar-refractivity contribution in [1.82, 2.24) is 9.55 Å². The first-order valence-corrected chi connectivity index (χ1v) is 11.9. The van der Waals surface area contributed by atoms with Crippen LogP contribution in [-0.4, -0.2) is 31.0 Å². The molecule has 0 amide bonds. The minimum absolute atomic E-state index is 0.125. The van der Waals surface area contributed by atoms with Crippen LogP contribution < -0.4 is 0 Å². The number of hydrogen-bond acceptors (Lipinski definition) is 6. The lowest BCUT2D eigenvalue weighted by Crippen LogP contribution is -2.18. The zero-order valence-electron chi connectivity index (χ0n) is 16.8. The second-order valence-corrected chi connectivity index (χ2v) is 9.73. The van der Waals surface area contributed by atoms with E-state index >= 15 is 0 Å². The van der Waals surface area contributed by atoms with Crippen LogP contribution in [0.2, 0.25) is 0 Å². The number of halogens is 1. The molecule has 2 aromatic heterocycles. The third-order valence-electron chi connectivity index (χ3n) is 5.21. The molecule has 0 aliphatic rings.